The summed E-state index contributed by atoms with van der Waals surface area (Å²) in [7, 11) is 0. The van der Waals surface area contributed by atoms with Gasteiger partial charge in [0.05, 0.1) is 16.5 Å². The van der Waals surface area contributed by atoms with Gasteiger partial charge in [0.2, 0.25) is 0 Å². The topological polar surface area (TPSA) is 70.9 Å². The van der Waals surface area contributed by atoms with E-state index in [0.717, 1.165) is 58.0 Å². The Hall–Kier alpha value is -2.05. The van der Waals surface area contributed by atoms with E-state index in [2.05, 4.69) is 31.1 Å². The molecule has 1 aliphatic carbocycles. The summed E-state index contributed by atoms with van der Waals surface area (Å²) < 4.78 is 1.14. The highest BCUT2D eigenvalue weighted by atomic mass is 32.1. The molecule has 2 N–H and O–H groups in total. The van der Waals surface area contributed by atoms with Gasteiger partial charge in [0.1, 0.15) is 16.3 Å². The predicted molar refractivity (Wildman–Crippen MR) is 111 cm³/mol. The van der Waals surface area contributed by atoms with E-state index in [4.69, 9.17) is 9.97 Å². The van der Waals surface area contributed by atoms with E-state index in [1.807, 2.05) is 18.5 Å². The number of aliphatic hydroxyl groups is 1. The van der Waals surface area contributed by atoms with Crippen LogP contribution >= 0.6 is 11.3 Å². The normalized spacial score (nSPS) is 19.7. The number of hydrogen-bond acceptors (Lipinski definition) is 6. The van der Waals surface area contributed by atoms with Crippen LogP contribution in [0.15, 0.2) is 18.5 Å². The highest BCUT2D eigenvalue weighted by Gasteiger charge is 2.26. The summed E-state index contributed by atoms with van der Waals surface area (Å²) in [5.41, 5.74) is 5.69. The molecule has 1 aliphatic rings. The number of nitrogens with one attached hydrogen (secondary N) is 1. The zero-order chi connectivity index (χ0) is 19.0. The van der Waals surface area contributed by atoms with Crippen molar-refractivity contribution in [1.29, 1.82) is 0 Å². The molecule has 4 rings (SSSR count). The maximum Gasteiger partial charge on any atom is 0.137 e. The van der Waals surface area contributed by atoms with Crippen LogP contribution < -0.4 is 5.32 Å². The van der Waals surface area contributed by atoms with Crippen LogP contribution in [0.2, 0.25) is 0 Å². The third-order valence-electron chi connectivity index (χ3n) is 5.68. The van der Waals surface area contributed by atoms with Gasteiger partial charge in [-0.25, -0.2) is 9.97 Å². The fourth-order valence-corrected chi connectivity index (χ4v) is 5.27. The van der Waals surface area contributed by atoms with E-state index in [-0.39, 0.29) is 6.61 Å². The van der Waals surface area contributed by atoms with Crippen molar-refractivity contribution in [2.24, 2.45) is 5.92 Å². The first-order valence-electron chi connectivity index (χ1n) is 9.69. The first kappa shape index (κ1) is 18.3. The van der Waals surface area contributed by atoms with Gasteiger partial charge in [-0.05, 0) is 62.6 Å². The van der Waals surface area contributed by atoms with Crippen molar-refractivity contribution < 1.29 is 5.11 Å². The Morgan fingerprint density at radius 3 is 2.81 bits per heavy atom. The fraction of sp³-hybridized carbons (Fsp3) is 0.476. The van der Waals surface area contributed by atoms with E-state index in [1.165, 1.54) is 11.1 Å². The third kappa shape index (κ3) is 3.44. The molecule has 3 aromatic heterocycles. The zero-order valence-corrected chi connectivity index (χ0v) is 16.9. The van der Waals surface area contributed by atoms with Gasteiger partial charge in [0.15, 0.2) is 0 Å². The molecule has 0 aromatic carbocycles. The van der Waals surface area contributed by atoms with Gasteiger partial charge >= 0.3 is 0 Å². The second-order valence-corrected chi connectivity index (χ2v) is 8.47. The molecule has 1 fully saturated rings. The lowest BCUT2D eigenvalue weighted by atomic mass is 9.99. The number of aliphatic hydroxyl groups excluding tert-OH is 1. The Balaban J connectivity index is 1.80. The minimum absolute atomic E-state index is 0.274. The number of fused-ring (bicyclic) bond motifs is 1. The second kappa shape index (κ2) is 7.52. The molecular weight excluding hydrogens is 356 g/mol. The van der Waals surface area contributed by atoms with Crippen LogP contribution in [0.3, 0.4) is 0 Å². The molecule has 3 heterocycles. The Bertz CT molecular complexity index is 935. The molecule has 27 heavy (non-hydrogen) atoms. The molecular formula is C21H26N4OS. The average molecular weight is 383 g/mol. The molecule has 0 amide bonds. The van der Waals surface area contributed by atoms with Gasteiger partial charge in [0, 0.05) is 24.5 Å². The summed E-state index contributed by atoms with van der Waals surface area (Å²) in [6, 6.07) is 2.38. The summed E-state index contributed by atoms with van der Waals surface area (Å²) in [5, 5.41) is 14.1. The summed E-state index contributed by atoms with van der Waals surface area (Å²) in [5.74, 6) is 1.33. The lowest BCUT2D eigenvalue weighted by Gasteiger charge is -2.20. The van der Waals surface area contributed by atoms with Crippen molar-refractivity contribution in [3.8, 4) is 10.6 Å². The third-order valence-corrected chi connectivity index (χ3v) is 6.73. The van der Waals surface area contributed by atoms with Crippen LogP contribution in [0.1, 0.15) is 43.0 Å². The number of nitrogens with zero attached hydrogens (tertiary/aromatic N) is 3. The quantitative estimate of drug-likeness (QED) is 0.679. The van der Waals surface area contributed by atoms with Crippen molar-refractivity contribution >= 4 is 27.4 Å². The van der Waals surface area contributed by atoms with Crippen molar-refractivity contribution in [3.05, 3.63) is 35.3 Å². The van der Waals surface area contributed by atoms with E-state index >= 15 is 0 Å². The summed E-state index contributed by atoms with van der Waals surface area (Å²) in [6.07, 6.45) is 7.73. The fourth-order valence-electron chi connectivity index (χ4n) is 4.23. The first-order chi connectivity index (χ1) is 13.1. The molecule has 0 saturated heterocycles. The minimum Gasteiger partial charge on any atom is -0.396 e. The predicted octanol–water partition coefficient (Wildman–Crippen LogP) is 4.51. The van der Waals surface area contributed by atoms with Crippen LogP contribution in [-0.4, -0.2) is 32.7 Å². The number of rotatable bonds is 5. The van der Waals surface area contributed by atoms with Gasteiger partial charge in [-0.3, -0.25) is 4.98 Å². The summed E-state index contributed by atoms with van der Waals surface area (Å²) in [6.45, 7) is 6.73. The SMILES string of the molecule is CCc1c(C)nc(NC2CCC(CO)C2)c(-c2nc3cnccc3s2)c1C. The van der Waals surface area contributed by atoms with Gasteiger partial charge in [-0.15, -0.1) is 11.3 Å². The maximum atomic E-state index is 9.46. The Morgan fingerprint density at radius 1 is 1.26 bits per heavy atom. The largest absolute Gasteiger partial charge is 0.396 e. The number of aromatic nitrogens is 3. The molecule has 0 radical (unpaired) electrons. The zero-order valence-electron chi connectivity index (χ0n) is 16.1. The highest BCUT2D eigenvalue weighted by molar-refractivity contribution is 7.21. The van der Waals surface area contributed by atoms with Crippen molar-refractivity contribution in [3.63, 3.8) is 0 Å². The van der Waals surface area contributed by atoms with E-state index < -0.39 is 0 Å². The number of anilines is 1. The van der Waals surface area contributed by atoms with Crippen molar-refractivity contribution in [1.82, 2.24) is 15.0 Å². The molecule has 0 aliphatic heterocycles. The molecule has 2 atom stereocenters. The Labute approximate surface area is 163 Å². The van der Waals surface area contributed by atoms with E-state index in [9.17, 15) is 5.11 Å². The monoisotopic (exact) mass is 382 g/mol. The van der Waals surface area contributed by atoms with Crippen molar-refractivity contribution in [2.45, 2.75) is 52.5 Å². The van der Waals surface area contributed by atoms with Gasteiger partial charge < -0.3 is 10.4 Å². The standard InChI is InChI=1S/C21H26N4OS/c1-4-16-12(2)19(21-25-17-10-22-8-7-18(17)27-21)20(23-13(16)3)24-15-6-5-14(9-15)11-26/h7-8,10,14-15,26H,4-6,9,11H2,1-3H3,(H,23,24). The molecule has 0 bridgehead atoms. The Kier molecular flexibility index (Phi) is 5.10. The number of hydrogen-bond donors (Lipinski definition) is 2. The maximum absolute atomic E-state index is 9.46. The molecule has 5 nitrogen and oxygen atoms in total. The highest BCUT2D eigenvalue weighted by Crippen LogP contribution is 2.39. The lowest BCUT2D eigenvalue weighted by molar-refractivity contribution is 0.229. The van der Waals surface area contributed by atoms with Gasteiger partial charge in [-0.1, -0.05) is 6.92 Å². The molecule has 0 spiro atoms. The number of aryl methyl sites for hydroxylation is 1. The van der Waals surface area contributed by atoms with Crippen LogP contribution in [0, 0.1) is 19.8 Å². The molecule has 142 valence electrons. The molecule has 1 saturated carbocycles. The van der Waals surface area contributed by atoms with Crippen LogP contribution in [0.5, 0.6) is 0 Å². The van der Waals surface area contributed by atoms with Crippen molar-refractivity contribution in [2.75, 3.05) is 11.9 Å². The van der Waals surface area contributed by atoms with E-state index in [0.29, 0.717) is 12.0 Å². The number of thiazole rings is 1. The van der Waals surface area contributed by atoms with Gasteiger partial charge in [-0.2, -0.15) is 0 Å². The first-order valence-corrected chi connectivity index (χ1v) is 10.5. The molecule has 6 heteroatoms. The lowest BCUT2D eigenvalue weighted by Crippen LogP contribution is -2.19. The summed E-state index contributed by atoms with van der Waals surface area (Å²) in [4.78, 5) is 14.0. The van der Waals surface area contributed by atoms with E-state index in [1.54, 1.807) is 11.3 Å². The Morgan fingerprint density at radius 2 is 2.11 bits per heavy atom. The average Bonchev–Trinajstić information content (AvgIpc) is 3.28. The summed E-state index contributed by atoms with van der Waals surface area (Å²) >= 11 is 1.70. The smallest absolute Gasteiger partial charge is 0.137 e. The minimum atomic E-state index is 0.274. The van der Waals surface area contributed by atoms with Crippen LogP contribution in [0.25, 0.3) is 20.8 Å². The second-order valence-electron chi connectivity index (χ2n) is 7.44. The van der Waals surface area contributed by atoms with Crippen LogP contribution in [0.4, 0.5) is 5.82 Å². The van der Waals surface area contributed by atoms with Crippen LogP contribution in [-0.2, 0) is 6.42 Å². The van der Waals surface area contributed by atoms with Gasteiger partial charge in [0.25, 0.3) is 0 Å². The molecule has 3 aromatic rings. The molecule has 2 unspecified atom stereocenters. The number of pyridine rings is 2.